The quantitative estimate of drug-likeness (QED) is 0.0334. The van der Waals surface area contributed by atoms with E-state index >= 15 is 0 Å². The minimum absolute atomic E-state index is 0.107. The Morgan fingerprint density at radius 2 is 1.43 bits per heavy atom. The van der Waals surface area contributed by atoms with E-state index in [2.05, 4.69) is 32.2 Å². The summed E-state index contributed by atoms with van der Waals surface area (Å²) in [4.78, 5) is 115. The highest BCUT2D eigenvalue weighted by Gasteiger charge is 2.51. The van der Waals surface area contributed by atoms with E-state index in [9.17, 15) is 97.3 Å². The molecule has 3 aliphatic heterocycles. The number of aliphatic hydroxyl groups excluding tert-OH is 8. The molecule has 8 amide bonds. The highest BCUT2D eigenvalue weighted by Crippen LogP contribution is 2.34. The van der Waals surface area contributed by atoms with E-state index in [1.165, 1.54) is 31.2 Å². The first kappa shape index (κ1) is 68.1. The molecule has 89 heavy (non-hydrogen) atoms. The molecule has 2 unspecified atom stereocenters. The van der Waals surface area contributed by atoms with Crippen LogP contribution in [-0.2, 0) is 44.0 Å². The van der Waals surface area contributed by atoms with Gasteiger partial charge in [0, 0.05) is 54.6 Å². The maximum atomic E-state index is 14.7. The predicted molar refractivity (Wildman–Crippen MR) is 304 cm³/mol. The van der Waals surface area contributed by atoms with Crippen molar-refractivity contribution in [2.45, 2.75) is 145 Å². The molecule has 3 saturated heterocycles. The Morgan fingerprint density at radius 1 is 0.787 bits per heavy atom. The lowest BCUT2D eigenvalue weighted by molar-refractivity contribution is -0.149. The Kier molecular flexibility index (Phi) is 22.4. The number of aliphatic hydroxyl groups is 8. The Balaban J connectivity index is 1.22. The molecule has 3 aromatic carbocycles. The number of phenolic OH excluding ortho intramolecular Hbond substituents is 1. The van der Waals surface area contributed by atoms with Crippen LogP contribution in [0.2, 0.25) is 0 Å². The third-order valence-electron chi connectivity index (χ3n) is 15.2. The lowest BCUT2D eigenvalue weighted by Gasteiger charge is -2.34. The lowest BCUT2D eigenvalue weighted by atomic mass is 9.96. The summed E-state index contributed by atoms with van der Waals surface area (Å²) < 4.78 is 48.1. The number of carbonyl (C=O) groups is 8. The normalized spacial score (nSPS) is 26.4. The number of unbranched alkanes of at least 4 members (excludes halogenated alkanes) is 2. The van der Waals surface area contributed by atoms with Gasteiger partial charge in [-0.2, -0.15) is 8.42 Å². The number of phenols is 1. The van der Waals surface area contributed by atoms with Gasteiger partial charge in [0.25, 0.3) is 5.91 Å². The predicted octanol–water partition coefficient (Wildman–Crippen LogP) is -3.90. The van der Waals surface area contributed by atoms with Crippen LogP contribution in [0, 0.1) is 5.92 Å². The van der Waals surface area contributed by atoms with Crippen LogP contribution in [0.4, 0.5) is 0 Å². The van der Waals surface area contributed by atoms with E-state index < -0.39 is 198 Å². The molecule has 7 rings (SSSR count). The number of fused-ring (bicyclic) bond motifs is 2. The summed E-state index contributed by atoms with van der Waals surface area (Å²) in [5, 5.41) is 116. The summed E-state index contributed by atoms with van der Waals surface area (Å²) in [5.41, 5.74) is 6.17. The molecule has 1 aromatic heterocycles. The number of benzene rings is 3. The summed E-state index contributed by atoms with van der Waals surface area (Å²) in [7, 11) is -5.35. The number of nitrogens with one attached hydrogen (secondary N) is 5. The fraction of sp³-hybridized carbons (Fsp3) is 0.482. The van der Waals surface area contributed by atoms with Crippen molar-refractivity contribution in [3.05, 3.63) is 83.9 Å². The van der Waals surface area contributed by atoms with E-state index in [-0.39, 0.29) is 5.56 Å². The molecule has 17 N–H and O–H groups in total. The summed E-state index contributed by atoms with van der Waals surface area (Å²) in [5.74, 6) is -12.9. The number of carbonyl (C=O) groups excluding carboxylic acids is 8. The monoisotopic (exact) mass is 1270 g/mol. The number of primary amides is 1. The average Bonchev–Trinajstić information content (AvgIpc) is 2.76. The van der Waals surface area contributed by atoms with Crippen molar-refractivity contribution in [3.63, 3.8) is 0 Å². The van der Waals surface area contributed by atoms with Crippen LogP contribution in [0.1, 0.15) is 81.3 Å². The smallest absolute Gasteiger partial charge is 0.446 e. The van der Waals surface area contributed by atoms with Crippen molar-refractivity contribution in [1.82, 2.24) is 41.5 Å². The van der Waals surface area contributed by atoms with Gasteiger partial charge in [-0.1, -0.05) is 50.0 Å². The second-order valence-corrected chi connectivity index (χ2v) is 22.9. The fourth-order valence-corrected chi connectivity index (χ4v) is 10.7. The molecular formula is C56H71N9O23S. The van der Waals surface area contributed by atoms with Crippen molar-refractivity contribution in [1.29, 1.82) is 0 Å². The summed E-state index contributed by atoms with van der Waals surface area (Å²) >= 11 is 0. The molecule has 0 spiro atoms. The van der Waals surface area contributed by atoms with Gasteiger partial charge in [-0.05, 0) is 67.4 Å². The van der Waals surface area contributed by atoms with Crippen molar-refractivity contribution in [3.8, 4) is 39.8 Å². The van der Waals surface area contributed by atoms with Gasteiger partial charge in [0.1, 0.15) is 66.0 Å². The fourth-order valence-electron chi connectivity index (χ4n) is 10.3. The number of nitrogens with two attached hydrogens (primary N) is 1. The van der Waals surface area contributed by atoms with Gasteiger partial charge >= 0.3 is 10.4 Å². The van der Waals surface area contributed by atoms with Crippen molar-refractivity contribution in [2.24, 2.45) is 11.7 Å². The third-order valence-corrected chi connectivity index (χ3v) is 15.6. The number of aromatic nitrogens is 1. The van der Waals surface area contributed by atoms with Crippen LogP contribution in [-0.4, -0.2) is 220 Å². The van der Waals surface area contributed by atoms with Crippen LogP contribution in [0.15, 0.2) is 77.3 Å². The molecular weight excluding hydrogens is 1200 g/mol. The first-order valence-corrected chi connectivity index (χ1v) is 29.5. The second-order valence-electron chi connectivity index (χ2n) is 21.9. The zero-order valence-corrected chi connectivity index (χ0v) is 48.9. The summed E-state index contributed by atoms with van der Waals surface area (Å²) in [6, 6.07) is 3.52. The van der Waals surface area contributed by atoms with E-state index in [1.54, 1.807) is 30.3 Å². The molecule has 15 atom stereocenters. The Labute approximate surface area is 507 Å². The standard InChI is InChI=1S/C56H71N9O23S/c1-4-5-6-17-86-32-14-11-28(12-15-32)39-21-33(63-87-39)27-7-9-29(10-8-27)49(75)58-34-20-38(70)52(78)62-54(80)45-46(72)25(2)23-65(45)56(82)43(37(69)22-41(57)71)60-53(79)44(48(74)47(73)30-13-16-36(68)40(18-30)88-89(83,84)85)61-51(77)35-19-31(67)24-64(35)55(81)42(26(3)66)59-50(34)76/h7-16,18,21,25-26,31,34-35,37-38,42-48,52,66-70,72-74,78H,4-6,17,19-20,22-24H2,1-3H3,(H2,57,71)(H,58,75)(H,59,76)(H,60,79)(H,61,77)(H,62,80)(H,83,84,85)/t25-,26+,31+,34-,35-,37+,38+,42?,43?,44-,45-,46-,47-,48-,52+/m0/s1. The number of nitrogens with zero attached hydrogens (tertiary/aromatic N) is 3. The first-order chi connectivity index (χ1) is 42.0. The van der Waals surface area contributed by atoms with E-state index in [0.717, 1.165) is 32.3 Å². The maximum Gasteiger partial charge on any atom is 0.446 e. The zero-order chi connectivity index (χ0) is 65.3. The van der Waals surface area contributed by atoms with Crippen molar-refractivity contribution < 1.29 is 111 Å². The molecule has 484 valence electrons. The van der Waals surface area contributed by atoms with Gasteiger partial charge in [-0.25, -0.2) is 0 Å². The average molecular weight is 1270 g/mol. The first-order valence-electron chi connectivity index (χ1n) is 28.1. The molecule has 32 nitrogen and oxygen atoms in total. The Hall–Kier alpha value is -8.38. The number of hydrogen-bond donors (Lipinski definition) is 16. The molecule has 0 aliphatic carbocycles. The Morgan fingerprint density at radius 3 is 2.07 bits per heavy atom. The van der Waals surface area contributed by atoms with Crippen LogP contribution in [0.25, 0.3) is 22.6 Å². The summed E-state index contributed by atoms with van der Waals surface area (Å²) in [6.07, 6.45) is -17.3. The zero-order valence-electron chi connectivity index (χ0n) is 48.1. The van der Waals surface area contributed by atoms with E-state index in [1.807, 2.05) is 10.6 Å². The molecule has 4 aromatic rings. The molecule has 0 saturated carbocycles. The number of rotatable bonds is 18. The maximum absolute atomic E-state index is 14.7. The third kappa shape index (κ3) is 16.9. The van der Waals surface area contributed by atoms with Crippen molar-refractivity contribution >= 4 is 57.7 Å². The van der Waals surface area contributed by atoms with Gasteiger partial charge in [0.05, 0.1) is 37.4 Å². The summed E-state index contributed by atoms with van der Waals surface area (Å²) in [6.45, 7) is 3.74. The SMILES string of the molecule is CCCCCOc1ccc(-c2cc(-c3ccc(C(=O)N[C@H]4C[C@@H](O)[C@@H](O)NC(=O)[C@@H]5[C@@H](O)[C@@H](C)CN5C(=O)C([C@H](O)CC(N)=O)NC(=O)[C@H]([C@H](O)[C@@H](O)c5ccc(O)c(OS(=O)(=O)O)c5)NC(=O)[C@@H]5C[C@@H](O)CN5C(=O)C([C@@H](C)O)NC4=O)cc3)no2)cc1. The number of ether oxygens (including phenoxy) is 1. The molecule has 0 bridgehead atoms. The lowest BCUT2D eigenvalue weighted by Crippen LogP contribution is -2.64. The second kappa shape index (κ2) is 29.3. The highest BCUT2D eigenvalue weighted by molar-refractivity contribution is 7.81. The Bertz CT molecular complexity index is 3340. The highest BCUT2D eigenvalue weighted by atomic mass is 32.3. The number of aromatic hydroxyl groups is 1. The van der Waals surface area contributed by atoms with E-state index in [0.29, 0.717) is 56.9 Å². The van der Waals surface area contributed by atoms with Crippen LogP contribution >= 0.6 is 0 Å². The molecule has 0 radical (unpaired) electrons. The topological polar surface area (TPSA) is 510 Å². The molecule has 33 heteroatoms. The van der Waals surface area contributed by atoms with Gasteiger partial charge < -0.3 is 102 Å². The van der Waals surface area contributed by atoms with Gasteiger partial charge in [0.2, 0.25) is 41.4 Å². The van der Waals surface area contributed by atoms with Gasteiger partial charge in [0.15, 0.2) is 23.5 Å². The minimum Gasteiger partial charge on any atom is -0.504 e. The molecule has 3 aliphatic rings. The van der Waals surface area contributed by atoms with Crippen LogP contribution in [0.3, 0.4) is 0 Å². The molecule has 3 fully saturated rings. The minimum atomic E-state index is -5.35. The largest absolute Gasteiger partial charge is 0.504 e. The van der Waals surface area contributed by atoms with Crippen molar-refractivity contribution in [2.75, 3.05) is 19.7 Å². The van der Waals surface area contributed by atoms with Gasteiger partial charge in [-0.3, -0.25) is 42.9 Å². The number of amides is 8. The van der Waals surface area contributed by atoms with Crippen LogP contribution in [0.5, 0.6) is 17.2 Å². The van der Waals surface area contributed by atoms with Gasteiger partial charge in [-0.15, -0.1) is 0 Å². The van der Waals surface area contributed by atoms with E-state index in [4.69, 9.17) is 15.0 Å². The van der Waals surface area contributed by atoms with Crippen LogP contribution < -0.4 is 41.2 Å². The number of hydrogen-bond acceptors (Lipinski definition) is 23. The molecule has 4 heterocycles.